The Labute approximate surface area is 159 Å². The number of aliphatic imine (C=N–C) groups is 1. The molecule has 7 heteroatoms. The summed E-state index contributed by atoms with van der Waals surface area (Å²) >= 11 is 1.03. The fourth-order valence-corrected chi connectivity index (χ4v) is 3.61. The van der Waals surface area contributed by atoms with Crippen molar-refractivity contribution in [3.05, 3.63) is 75.9 Å². The molecule has 1 aliphatic rings. The topological polar surface area (TPSA) is 79.1 Å². The smallest absolute Gasteiger partial charge is 0.386 e. The molecular weight excluding hydrogens is 369 g/mol. The molecule has 138 valence electrons. The van der Waals surface area contributed by atoms with Gasteiger partial charge >= 0.3 is 5.97 Å². The van der Waals surface area contributed by atoms with Crippen molar-refractivity contribution in [1.29, 1.82) is 0 Å². The Kier molecular flexibility index (Phi) is 5.61. The van der Waals surface area contributed by atoms with Crippen molar-refractivity contribution in [2.45, 2.75) is 13.3 Å². The number of aryl methyl sites for hydroxylation is 1. The lowest BCUT2D eigenvalue weighted by Crippen LogP contribution is -2.09. The van der Waals surface area contributed by atoms with Crippen LogP contribution in [0.4, 0.5) is 10.2 Å². The third-order valence-electron chi connectivity index (χ3n) is 3.93. The van der Waals surface area contributed by atoms with Crippen LogP contribution in [0, 0.1) is 0 Å². The van der Waals surface area contributed by atoms with Gasteiger partial charge < -0.3 is 10.2 Å². The molecule has 3 rings (SSSR count). The molecule has 1 heterocycles. The summed E-state index contributed by atoms with van der Waals surface area (Å²) in [6.07, 6.45) is 2.27. The normalized spacial score (nSPS) is 17.0. The maximum absolute atomic E-state index is 12.5. The van der Waals surface area contributed by atoms with Crippen LogP contribution < -0.4 is 0 Å². The molecule has 0 saturated carbocycles. The summed E-state index contributed by atoms with van der Waals surface area (Å²) in [6.45, 7) is 1.91. The van der Waals surface area contributed by atoms with E-state index in [9.17, 15) is 19.5 Å². The number of thioether (sulfide) groups is 1. The quantitative estimate of drug-likeness (QED) is 0.773. The number of rotatable bonds is 4. The zero-order chi connectivity index (χ0) is 19.4. The standard InChI is InChI=1S/C20H16FNO4S/c1-2-13-10-12(8-9-15(13)23)11-16-18(24)17(20(25)26-21)19(27-16)22-14-6-4-3-5-7-14/h3-11,23-24H,2H2,1H3/b16-11-,22-19?. The zero-order valence-corrected chi connectivity index (χ0v) is 15.2. The third-order valence-corrected chi connectivity index (χ3v) is 4.95. The first-order valence-corrected chi connectivity index (χ1v) is 8.97. The van der Waals surface area contributed by atoms with Gasteiger partial charge in [0.05, 0.1) is 10.6 Å². The minimum atomic E-state index is -1.31. The minimum absolute atomic E-state index is 0.141. The van der Waals surface area contributed by atoms with E-state index in [1.165, 1.54) is 0 Å². The highest BCUT2D eigenvalue weighted by Gasteiger charge is 2.34. The Morgan fingerprint density at radius 1 is 1.22 bits per heavy atom. The largest absolute Gasteiger partial charge is 0.508 e. The summed E-state index contributed by atoms with van der Waals surface area (Å²) in [4.78, 5) is 19.8. The Hall–Kier alpha value is -3.06. The SMILES string of the molecule is CCc1cc(/C=C2\SC(=Nc3ccccc3)C(C(=O)OF)=C2O)ccc1O. The Morgan fingerprint density at radius 3 is 2.63 bits per heavy atom. The number of carbonyl (C=O) groups excluding carboxylic acids is 1. The van der Waals surface area contributed by atoms with Gasteiger partial charge in [-0.05, 0) is 47.9 Å². The second-order valence-corrected chi connectivity index (χ2v) is 6.72. The minimum Gasteiger partial charge on any atom is -0.508 e. The van der Waals surface area contributed by atoms with E-state index in [4.69, 9.17) is 0 Å². The monoisotopic (exact) mass is 385 g/mol. The molecule has 1 aliphatic heterocycles. The highest BCUT2D eigenvalue weighted by Crippen LogP contribution is 2.40. The van der Waals surface area contributed by atoms with Crippen LogP contribution in [0.1, 0.15) is 18.1 Å². The summed E-state index contributed by atoms with van der Waals surface area (Å²) in [7, 11) is 0. The second kappa shape index (κ2) is 8.09. The van der Waals surface area contributed by atoms with E-state index in [0.717, 1.165) is 17.3 Å². The van der Waals surface area contributed by atoms with Crippen LogP contribution in [0.5, 0.6) is 5.75 Å². The van der Waals surface area contributed by atoms with E-state index in [0.29, 0.717) is 22.6 Å². The van der Waals surface area contributed by atoms with Crippen molar-refractivity contribution < 1.29 is 24.5 Å². The molecule has 0 fully saturated rings. The van der Waals surface area contributed by atoms with Crippen molar-refractivity contribution in [2.24, 2.45) is 4.99 Å². The fraction of sp³-hybridized carbons (Fsp3) is 0.100. The van der Waals surface area contributed by atoms with Crippen LogP contribution >= 0.6 is 11.8 Å². The van der Waals surface area contributed by atoms with Gasteiger partial charge in [-0.25, -0.2) is 14.7 Å². The number of hydrogen-bond acceptors (Lipinski definition) is 6. The molecule has 0 saturated heterocycles. The van der Waals surface area contributed by atoms with Crippen molar-refractivity contribution >= 4 is 34.5 Å². The Bertz CT molecular complexity index is 967. The van der Waals surface area contributed by atoms with Gasteiger partial charge in [-0.3, -0.25) is 0 Å². The third kappa shape index (κ3) is 4.03. The lowest BCUT2D eigenvalue weighted by molar-refractivity contribution is -0.177. The first-order valence-electron chi connectivity index (χ1n) is 8.15. The van der Waals surface area contributed by atoms with E-state index in [2.05, 4.69) is 9.93 Å². The summed E-state index contributed by atoms with van der Waals surface area (Å²) in [5, 5.41) is 20.4. The number of aromatic hydroxyl groups is 1. The van der Waals surface area contributed by atoms with Gasteiger partial charge in [0.25, 0.3) is 0 Å². The Balaban J connectivity index is 2.04. The van der Waals surface area contributed by atoms with Crippen molar-refractivity contribution in [1.82, 2.24) is 0 Å². The number of benzene rings is 2. The van der Waals surface area contributed by atoms with Crippen molar-refractivity contribution in [3.63, 3.8) is 0 Å². The average Bonchev–Trinajstić information content (AvgIpc) is 2.98. The fourth-order valence-electron chi connectivity index (χ4n) is 2.58. The van der Waals surface area contributed by atoms with Gasteiger partial charge in [0.15, 0.2) is 0 Å². The molecule has 2 aromatic rings. The van der Waals surface area contributed by atoms with Crippen molar-refractivity contribution in [3.8, 4) is 5.75 Å². The number of phenols is 1. The summed E-state index contributed by atoms with van der Waals surface area (Å²) in [6, 6.07) is 13.8. The highest BCUT2D eigenvalue weighted by atomic mass is 32.2. The Morgan fingerprint density at radius 2 is 1.96 bits per heavy atom. The van der Waals surface area contributed by atoms with Gasteiger partial charge in [0.1, 0.15) is 22.1 Å². The summed E-state index contributed by atoms with van der Waals surface area (Å²) in [5.41, 5.74) is 1.69. The van der Waals surface area contributed by atoms with Gasteiger partial charge in [-0.2, -0.15) is 0 Å². The van der Waals surface area contributed by atoms with Crippen molar-refractivity contribution in [2.75, 3.05) is 0 Å². The molecule has 27 heavy (non-hydrogen) atoms. The summed E-state index contributed by atoms with van der Waals surface area (Å²) in [5.74, 6) is -1.52. The van der Waals surface area contributed by atoms with Gasteiger partial charge in [-0.15, -0.1) is 0 Å². The number of aliphatic hydroxyl groups excluding tert-OH is 1. The lowest BCUT2D eigenvalue weighted by atomic mass is 10.1. The summed E-state index contributed by atoms with van der Waals surface area (Å²) < 4.78 is 12.5. The number of hydrogen-bond donors (Lipinski definition) is 2. The molecule has 0 aliphatic carbocycles. The molecule has 0 aromatic heterocycles. The molecule has 2 N–H and O–H groups in total. The molecule has 0 spiro atoms. The van der Waals surface area contributed by atoms with Gasteiger partial charge in [-0.1, -0.05) is 43.0 Å². The molecular formula is C20H16FNO4S. The van der Waals surface area contributed by atoms with Crippen LogP contribution in [-0.4, -0.2) is 21.2 Å². The van der Waals surface area contributed by atoms with Crippen LogP contribution in [-0.2, 0) is 16.2 Å². The molecule has 5 nitrogen and oxygen atoms in total. The van der Waals surface area contributed by atoms with E-state index in [-0.39, 0.29) is 16.4 Å². The van der Waals surface area contributed by atoms with Gasteiger partial charge in [0.2, 0.25) is 0 Å². The molecule has 0 radical (unpaired) electrons. The molecule has 2 aromatic carbocycles. The van der Waals surface area contributed by atoms with E-state index >= 15 is 0 Å². The predicted octanol–water partition coefficient (Wildman–Crippen LogP) is 5.01. The number of nitrogens with zero attached hydrogens (tertiary/aromatic N) is 1. The second-order valence-electron chi connectivity index (χ2n) is 5.69. The molecule has 0 unspecified atom stereocenters. The van der Waals surface area contributed by atoms with Crippen LogP contribution in [0.2, 0.25) is 0 Å². The van der Waals surface area contributed by atoms with Crippen LogP contribution in [0.15, 0.2) is 69.8 Å². The lowest BCUT2D eigenvalue weighted by Gasteiger charge is -2.04. The molecule has 0 bridgehead atoms. The number of carbonyl (C=O) groups is 1. The number of phenolic OH excluding ortho intramolecular Hbond substituents is 1. The van der Waals surface area contributed by atoms with Gasteiger partial charge in [0, 0.05) is 4.53 Å². The predicted molar refractivity (Wildman–Crippen MR) is 103 cm³/mol. The maximum atomic E-state index is 12.5. The average molecular weight is 385 g/mol. The highest BCUT2D eigenvalue weighted by molar-refractivity contribution is 8.18. The molecule has 0 atom stereocenters. The van der Waals surface area contributed by atoms with E-state index < -0.39 is 11.7 Å². The number of para-hydroxylation sites is 1. The van der Waals surface area contributed by atoms with Crippen LogP contribution in [0.3, 0.4) is 0 Å². The van der Waals surface area contributed by atoms with E-state index in [1.54, 1.807) is 48.5 Å². The van der Waals surface area contributed by atoms with E-state index in [1.807, 2.05) is 13.0 Å². The number of aliphatic hydroxyl groups is 1. The maximum Gasteiger partial charge on any atom is 0.386 e. The van der Waals surface area contributed by atoms with Crippen LogP contribution in [0.25, 0.3) is 6.08 Å². The first kappa shape index (κ1) is 18.7. The zero-order valence-electron chi connectivity index (χ0n) is 14.3. The first-order chi connectivity index (χ1) is 13.0. The number of halogens is 1. The molecule has 0 amide bonds.